The van der Waals surface area contributed by atoms with E-state index < -0.39 is 37.3 Å². The normalized spacial score (nSPS) is 34.0. The molecule has 1 aromatic rings. The van der Waals surface area contributed by atoms with Crippen LogP contribution < -0.4 is 4.74 Å². The van der Waals surface area contributed by atoms with Crippen LogP contribution >= 0.6 is 0 Å². The summed E-state index contributed by atoms with van der Waals surface area (Å²) in [5, 5.41) is 38.3. The second-order valence-electron chi connectivity index (χ2n) is 5.06. The van der Waals surface area contributed by atoms with Gasteiger partial charge in [-0.3, -0.25) is 0 Å². The van der Waals surface area contributed by atoms with E-state index in [4.69, 9.17) is 14.6 Å². The third-order valence-corrected chi connectivity index (χ3v) is 3.58. The summed E-state index contributed by atoms with van der Waals surface area (Å²) >= 11 is 0. The molecule has 20 heavy (non-hydrogen) atoms. The minimum atomic E-state index is -1.43. The molecule has 1 aromatic carbocycles. The Bertz CT molecular complexity index is 461. The number of hydrogen-bond donors (Lipinski definition) is 4. The molecule has 1 aliphatic rings. The fraction of sp³-hybridized carbons (Fsp3) is 0.571. The molecule has 1 saturated heterocycles. The van der Waals surface area contributed by atoms with Gasteiger partial charge in [-0.05, 0) is 37.1 Å². The molecule has 4 N–H and O–H groups in total. The van der Waals surface area contributed by atoms with E-state index in [0.29, 0.717) is 5.75 Å². The Hall–Kier alpha value is -1.18. The van der Waals surface area contributed by atoms with Crippen LogP contribution in [0.3, 0.4) is 0 Å². The van der Waals surface area contributed by atoms with Crippen LogP contribution in [0.1, 0.15) is 11.1 Å². The summed E-state index contributed by atoms with van der Waals surface area (Å²) in [6, 6.07) is 5.38. The van der Waals surface area contributed by atoms with Crippen LogP contribution in [0.5, 0.6) is 5.75 Å². The van der Waals surface area contributed by atoms with Crippen LogP contribution in [0.25, 0.3) is 0 Å². The number of ether oxygens (including phenoxy) is 2. The fourth-order valence-electron chi connectivity index (χ4n) is 2.09. The Balaban J connectivity index is 2.13. The maximum atomic E-state index is 9.86. The Kier molecular flexibility index (Phi) is 4.62. The summed E-state index contributed by atoms with van der Waals surface area (Å²) in [5.41, 5.74) is 2.12. The first-order chi connectivity index (χ1) is 9.43. The molecule has 112 valence electrons. The first-order valence-electron chi connectivity index (χ1n) is 6.48. The van der Waals surface area contributed by atoms with Crippen molar-refractivity contribution in [2.45, 2.75) is 44.6 Å². The molecule has 0 unspecified atom stereocenters. The molecule has 0 bridgehead atoms. The quantitative estimate of drug-likeness (QED) is 0.596. The van der Waals surface area contributed by atoms with Crippen molar-refractivity contribution < 1.29 is 29.9 Å². The van der Waals surface area contributed by atoms with Crippen LogP contribution in [0.4, 0.5) is 0 Å². The molecule has 0 aliphatic carbocycles. The highest BCUT2D eigenvalue weighted by atomic mass is 16.7. The van der Waals surface area contributed by atoms with E-state index in [1.54, 1.807) is 12.1 Å². The third-order valence-electron chi connectivity index (χ3n) is 3.58. The van der Waals surface area contributed by atoms with Gasteiger partial charge in [-0.15, -0.1) is 0 Å². The number of benzene rings is 1. The van der Waals surface area contributed by atoms with Crippen molar-refractivity contribution in [3.05, 3.63) is 29.3 Å². The molecule has 5 atom stereocenters. The van der Waals surface area contributed by atoms with Crippen LogP contribution in [-0.2, 0) is 4.74 Å². The lowest BCUT2D eigenvalue weighted by atomic mass is 9.99. The summed E-state index contributed by atoms with van der Waals surface area (Å²) in [7, 11) is 0. The first-order valence-corrected chi connectivity index (χ1v) is 6.48. The molecule has 6 nitrogen and oxygen atoms in total. The standard InChI is InChI=1S/C14H20O6/c1-7-3-4-9(5-8(7)2)19-14-13(18)12(17)11(16)10(6-15)20-14/h3-5,10-18H,6H2,1-2H3/t10-,11-,12-,13+,14-/m1/s1. The number of aliphatic hydroxyl groups excluding tert-OH is 4. The molecule has 2 rings (SSSR count). The van der Waals surface area contributed by atoms with E-state index in [1.807, 2.05) is 19.9 Å². The van der Waals surface area contributed by atoms with E-state index in [1.165, 1.54) is 0 Å². The highest BCUT2D eigenvalue weighted by Gasteiger charge is 2.44. The molecular weight excluding hydrogens is 264 g/mol. The molecule has 0 saturated carbocycles. The average Bonchev–Trinajstić information content (AvgIpc) is 2.43. The van der Waals surface area contributed by atoms with Crippen LogP contribution in [0.15, 0.2) is 18.2 Å². The summed E-state index contributed by atoms with van der Waals surface area (Å²) in [6.45, 7) is 3.42. The van der Waals surface area contributed by atoms with E-state index in [9.17, 15) is 15.3 Å². The zero-order chi connectivity index (χ0) is 14.9. The van der Waals surface area contributed by atoms with Crippen molar-refractivity contribution in [1.29, 1.82) is 0 Å². The van der Waals surface area contributed by atoms with Gasteiger partial charge in [-0.1, -0.05) is 6.07 Å². The van der Waals surface area contributed by atoms with Crippen molar-refractivity contribution in [3.63, 3.8) is 0 Å². The SMILES string of the molecule is Cc1ccc(O[C@@H]2O[C@H](CO)[C@@H](O)[C@@H](O)[C@@H]2O)cc1C. The van der Waals surface area contributed by atoms with Gasteiger partial charge in [0.1, 0.15) is 30.2 Å². The van der Waals surface area contributed by atoms with Gasteiger partial charge >= 0.3 is 0 Å². The largest absolute Gasteiger partial charge is 0.462 e. The molecular formula is C14H20O6. The van der Waals surface area contributed by atoms with Crippen LogP contribution in [0.2, 0.25) is 0 Å². The maximum Gasteiger partial charge on any atom is 0.229 e. The summed E-state index contributed by atoms with van der Waals surface area (Å²) in [5.74, 6) is 0.484. The zero-order valence-electron chi connectivity index (χ0n) is 11.4. The minimum Gasteiger partial charge on any atom is -0.462 e. The summed E-state index contributed by atoms with van der Waals surface area (Å²) < 4.78 is 10.8. The lowest BCUT2D eigenvalue weighted by Gasteiger charge is -2.39. The summed E-state index contributed by atoms with van der Waals surface area (Å²) in [4.78, 5) is 0. The van der Waals surface area contributed by atoms with Crippen molar-refractivity contribution in [2.75, 3.05) is 6.61 Å². The Morgan fingerprint density at radius 3 is 2.35 bits per heavy atom. The Morgan fingerprint density at radius 2 is 1.75 bits per heavy atom. The first kappa shape index (κ1) is 15.2. The lowest BCUT2D eigenvalue weighted by Crippen LogP contribution is -2.60. The molecule has 1 heterocycles. The maximum absolute atomic E-state index is 9.86. The molecule has 0 radical (unpaired) electrons. The lowest BCUT2D eigenvalue weighted by molar-refractivity contribution is -0.277. The third kappa shape index (κ3) is 2.94. The second kappa shape index (κ2) is 6.07. The second-order valence-corrected chi connectivity index (χ2v) is 5.06. The minimum absolute atomic E-state index is 0.474. The van der Waals surface area contributed by atoms with Gasteiger partial charge in [0.2, 0.25) is 6.29 Å². The monoisotopic (exact) mass is 284 g/mol. The zero-order valence-corrected chi connectivity index (χ0v) is 11.4. The molecule has 1 aliphatic heterocycles. The van der Waals surface area contributed by atoms with Gasteiger partial charge in [0, 0.05) is 0 Å². The van der Waals surface area contributed by atoms with Crippen molar-refractivity contribution >= 4 is 0 Å². The van der Waals surface area contributed by atoms with Gasteiger partial charge in [-0.25, -0.2) is 0 Å². The molecule has 0 aromatic heterocycles. The van der Waals surface area contributed by atoms with Crippen molar-refractivity contribution in [2.24, 2.45) is 0 Å². The topological polar surface area (TPSA) is 99.4 Å². The molecule has 1 fully saturated rings. The molecule has 6 heteroatoms. The van der Waals surface area contributed by atoms with Crippen molar-refractivity contribution in [1.82, 2.24) is 0 Å². The van der Waals surface area contributed by atoms with Crippen LogP contribution in [0, 0.1) is 13.8 Å². The molecule has 0 spiro atoms. The van der Waals surface area contributed by atoms with Gasteiger partial charge in [0.05, 0.1) is 6.61 Å². The van der Waals surface area contributed by atoms with E-state index in [0.717, 1.165) is 11.1 Å². The Morgan fingerprint density at radius 1 is 1.05 bits per heavy atom. The van der Waals surface area contributed by atoms with Gasteiger partial charge < -0.3 is 29.9 Å². The molecule has 0 amide bonds. The van der Waals surface area contributed by atoms with Gasteiger partial charge in [0.25, 0.3) is 0 Å². The van der Waals surface area contributed by atoms with E-state index >= 15 is 0 Å². The highest BCUT2D eigenvalue weighted by molar-refractivity contribution is 5.33. The highest BCUT2D eigenvalue weighted by Crippen LogP contribution is 2.25. The van der Waals surface area contributed by atoms with Gasteiger partial charge in [0.15, 0.2) is 0 Å². The number of aryl methyl sites for hydroxylation is 2. The number of hydrogen-bond acceptors (Lipinski definition) is 6. The fourth-order valence-corrected chi connectivity index (χ4v) is 2.09. The summed E-state index contributed by atoms with van der Waals surface area (Å²) in [6.07, 6.45) is -6.32. The van der Waals surface area contributed by atoms with Crippen LogP contribution in [-0.4, -0.2) is 57.7 Å². The predicted molar refractivity (Wildman–Crippen MR) is 70.3 cm³/mol. The Labute approximate surface area is 117 Å². The average molecular weight is 284 g/mol. The van der Waals surface area contributed by atoms with E-state index in [-0.39, 0.29) is 0 Å². The predicted octanol–water partition coefficient (Wildman–Crippen LogP) is -0.518. The number of aliphatic hydroxyl groups is 4. The number of rotatable bonds is 3. The van der Waals surface area contributed by atoms with E-state index in [2.05, 4.69) is 0 Å². The smallest absolute Gasteiger partial charge is 0.229 e. The van der Waals surface area contributed by atoms with Gasteiger partial charge in [-0.2, -0.15) is 0 Å². The van der Waals surface area contributed by atoms with Crippen molar-refractivity contribution in [3.8, 4) is 5.75 Å².